The molecule has 1 saturated carbocycles. The fourth-order valence-electron chi connectivity index (χ4n) is 2.97. The van der Waals surface area contributed by atoms with Crippen LogP contribution in [-0.2, 0) is 14.3 Å². The van der Waals surface area contributed by atoms with Crippen molar-refractivity contribution < 1.29 is 23.9 Å². The van der Waals surface area contributed by atoms with Gasteiger partial charge in [0.15, 0.2) is 0 Å². The lowest BCUT2D eigenvalue weighted by Crippen LogP contribution is -2.36. The highest BCUT2D eigenvalue weighted by Crippen LogP contribution is 2.48. The van der Waals surface area contributed by atoms with Crippen molar-refractivity contribution >= 4 is 29.2 Å². The number of esters is 1. The standard InChI is InChI=1S/C21H22N2O5/c1-13-8-9-17(27-2)16(12-13)23-20(26)21(10-11-21)19(25)22-15-7-5-4-6-14(15)18(24)28-3/h4-9,12H,10-11H2,1-3H3,(H,22,25)(H,23,26). The second kappa shape index (κ2) is 7.72. The number of benzene rings is 2. The summed E-state index contributed by atoms with van der Waals surface area (Å²) in [7, 11) is 2.79. The molecule has 28 heavy (non-hydrogen) atoms. The summed E-state index contributed by atoms with van der Waals surface area (Å²) in [6.07, 6.45) is 0.860. The van der Waals surface area contributed by atoms with E-state index in [1.165, 1.54) is 14.2 Å². The predicted octanol–water partition coefficient (Wildman–Crippen LogP) is 3.15. The monoisotopic (exact) mass is 382 g/mol. The molecular weight excluding hydrogens is 360 g/mol. The maximum absolute atomic E-state index is 12.9. The molecule has 0 unspecified atom stereocenters. The Kier molecular flexibility index (Phi) is 5.35. The summed E-state index contributed by atoms with van der Waals surface area (Å²) in [6.45, 7) is 1.90. The summed E-state index contributed by atoms with van der Waals surface area (Å²) in [5.41, 5.74) is 0.846. The van der Waals surface area contributed by atoms with Gasteiger partial charge in [-0.2, -0.15) is 0 Å². The highest BCUT2D eigenvalue weighted by molar-refractivity contribution is 6.18. The number of aryl methyl sites for hydroxylation is 1. The van der Waals surface area contributed by atoms with Crippen LogP contribution in [0.3, 0.4) is 0 Å². The molecule has 2 amide bonds. The highest BCUT2D eigenvalue weighted by Gasteiger charge is 2.56. The summed E-state index contributed by atoms with van der Waals surface area (Å²) in [5, 5.41) is 5.51. The molecular formula is C21H22N2O5. The van der Waals surface area contributed by atoms with Crippen molar-refractivity contribution in [1.29, 1.82) is 0 Å². The molecule has 0 bridgehead atoms. The average molecular weight is 382 g/mol. The number of hydrogen-bond acceptors (Lipinski definition) is 5. The first-order valence-electron chi connectivity index (χ1n) is 8.86. The van der Waals surface area contributed by atoms with Crippen LogP contribution in [0.5, 0.6) is 5.75 Å². The second-order valence-electron chi connectivity index (χ2n) is 6.73. The molecule has 0 aromatic heterocycles. The Hall–Kier alpha value is -3.35. The minimum absolute atomic E-state index is 0.231. The lowest BCUT2D eigenvalue weighted by atomic mass is 10.0. The van der Waals surface area contributed by atoms with E-state index in [1.807, 2.05) is 13.0 Å². The molecule has 0 spiro atoms. The van der Waals surface area contributed by atoms with Crippen molar-refractivity contribution in [2.24, 2.45) is 5.41 Å². The molecule has 1 aliphatic rings. The second-order valence-corrected chi connectivity index (χ2v) is 6.73. The highest BCUT2D eigenvalue weighted by atomic mass is 16.5. The number of rotatable bonds is 6. The fourth-order valence-corrected chi connectivity index (χ4v) is 2.97. The molecule has 1 fully saturated rings. The molecule has 2 aromatic carbocycles. The molecule has 0 saturated heterocycles. The Morgan fingerprint density at radius 3 is 2.18 bits per heavy atom. The van der Waals surface area contributed by atoms with Crippen LogP contribution >= 0.6 is 0 Å². The summed E-state index contributed by atoms with van der Waals surface area (Å²) < 4.78 is 10.0. The van der Waals surface area contributed by atoms with Gasteiger partial charge in [0.25, 0.3) is 0 Å². The van der Waals surface area contributed by atoms with Gasteiger partial charge in [0.1, 0.15) is 11.2 Å². The van der Waals surface area contributed by atoms with E-state index in [-0.39, 0.29) is 5.56 Å². The van der Waals surface area contributed by atoms with Gasteiger partial charge in [-0.05, 0) is 49.6 Å². The lowest BCUT2D eigenvalue weighted by molar-refractivity contribution is -0.131. The fraction of sp³-hybridized carbons (Fsp3) is 0.286. The Balaban J connectivity index is 1.79. The topological polar surface area (TPSA) is 93.7 Å². The summed E-state index contributed by atoms with van der Waals surface area (Å²) in [6, 6.07) is 11.9. The number of carbonyl (C=O) groups excluding carboxylic acids is 3. The van der Waals surface area contributed by atoms with Crippen molar-refractivity contribution in [2.75, 3.05) is 24.9 Å². The molecule has 0 aliphatic heterocycles. The summed E-state index contributed by atoms with van der Waals surface area (Å²) >= 11 is 0. The molecule has 2 aromatic rings. The third-order valence-electron chi connectivity index (χ3n) is 4.80. The van der Waals surface area contributed by atoms with E-state index in [9.17, 15) is 14.4 Å². The molecule has 3 rings (SSSR count). The van der Waals surface area contributed by atoms with Crippen molar-refractivity contribution in [3.05, 3.63) is 53.6 Å². The van der Waals surface area contributed by atoms with Crippen LogP contribution in [0.2, 0.25) is 0 Å². The molecule has 0 atom stereocenters. The van der Waals surface area contributed by atoms with Gasteiger partial charge in [-0.25, -0.2) is 4.79 Å². The molecule has 2 N–H and O–H groups in total. The van der Waals surface area contributed by atoms with E-state index in [2.05, 4.69) is 10.6 Å². The van der Waals surface area contributed by atoms with Crippen LogP contribution in [0.1, 0.15) is 28.8 Å². The van der Waals surface area contributed by atoms with Gasteiger partial charge in [-0.15, -0.1) is 0 Å². The Morgan fingerprint density at radius 1 is 0.929 bits per heavy atom. The van der Waals surface area contributed by atoms with Crippen molar-refractivity contribution in [2.45, 2.75) is 19.8 Å². The lowest BCUT2D eigenvalue weighted by Gasteiger charge is -2.18. The normalized spacial score (nSPS) is 14.0. The molecule has 146 valence electrons. The number of ether oxygens (including phenoxy) is 2. The third kappa shape index (κ3) is 3.69. The zero-order chi connectivity index (χ0) is 20.3. The zero-order valence-electron chi connectivity index (χ0n) is 16.0. The predicted molar refractivity (Wildman–Crippen MR) is 104 cm³/mol. The minimum atomic E-state index is -1.17. The van der Waals surface area contributed by atoms with Crippen LogP contribution < -0.4 is 15.4 Å². The van der Waals surface area contributed by atoms with Gasteiger partial charge in [-0.1, -0.05) is 18.2 Å². The van der Waals surface area contributed by atoms with E-state index in [0.29, 0.717) is 30.0 Å². The Morgan fingerprint density at radius 2 is 1.57 bits per heavy atom. The number of para-hydroxylation sites is 1. The van der Waals surface area contributed by atoms with Gasteiger partial charge in [-0.3, -0.25) is 9.59 Å². The third-order valence-corrected chi connectivity index (χ3v) is 4.80. The van der Waals surface area contributed by atoms with Crippen LogP contribution in [-0.4, -0.2) is 32.0 Å². The first-order valence-corrected chi connectivity index (χ1v) is 8.86. The summed E-state index contributed by atoms with van der Waals surface area (Å²) in [4.78, 5) is 37.6. The Bertz CT molecular complexity index is 934. The first kappa shape index (κ1) is 19.4. The molecule has 7 nitrogen and oxygen atoms in total. The molecule has 0 heterocycles. The number of anilines is 2. The van der Waals surface area contributed by atoms with Gasteiger partial charge in [0.2, 0.25) is 11.8 Å². The number of methoxy groups -OCH3 is 2. The SMILES string of the molecule is COC(=O)c1ccccc1NC(=O)C1(C(=O)Nc2cc(C)ccc2OC)CC1. The minimum Gasteiger partial charge on any atom is -0.495 e. The van der Waals surface area contributed by atoms with E-state index in [1.54, 1.807) is 36.4 Å². The number of nitrogens with one attached hydrogen (secondary N) is 2. The number of amides is 2. The van der Waals surface area contributed by atoms with Crippen molar-refractivity contribution in [3.8, 4) is 5.75 Å². The first-order chi connectivity index (χ1) is 13.4. The maximum Gasteiger partial charge on any atom is 0.339 e. The molecule has 0 radical (unpaired) electrons. The van der Waals surface area contributed by atoms with Gasteiger partial charge in [0, 0.05) is 0 Å². The smallest absolute Gasteiger partial charge is 0.339 e. The largest absolute Gasteiger partial charge is 0.495 e. The number of carbonyl (C=O) groups is 3. The van der Waals surface area contributed by atoms with Crippen molar-refractivity contribution in [1.82, 2.24) is 0 Å². The van der Waals surface area contributed by atoms with Crippen LogP contribution in [0.15, 0.2) is 42.5 Å². The molecule has 7 heteroatoms. The summed E-state index contributed by atoms with van der Waals surface area (Å²) in [5.74, 6) is -0.890. The van der Waals surface area contributed by atoms with Crippen LogP contribution in [0, 0.1) is 12.3 Å². The van der Waals surface area contributed by atoms with E-state index < -0.39 is 23.2 Å². The van der Waals surface area contributed by atoms with Crippen LogP contribution in [0.4, 0.5) is 11.4 Å². The maximum atomic E-state index is 12.9. The van der Waals surface area contributed by atoms with Gasteiger partial charge < -0.3 is 20.1 Å². The van der Waals surface area contributed by atoms with E-state index in [4.69, 9.17) is 9.47 Å². The zero-order valence-corrected chi connectivity index (χ0v) is 16.0. The van der Waals surface area contributed by atoms with E-state index in [0.717, 1.165) is 5.56 Å². The molecule has 1 aliphatic carbocycles. The quantitative estimate of drug-likeness (QED) is 0.591. The van der Waals surface area contributed by atoms with Gasteiger partial charge in [0.05, 0.1) is 31.2 Å². The van der Waals surface area contributed by atoms with Crippen LogP contribution in [0.25, 0.3) is 0 Å². The number of hydrogen-bond donors (Lipinski definition) is 2. The van der Waals surface area contributed by atoms with Crippen molar-refractivity contribution in [3.63, 3.8) is 0 Å². The average Bonchev–Trinajstić information content (AvgIpc) is 3.50. The Labute approximate surface area is 163 Å². The van der Waals surface area contributed by atoms with Gasteiger partial charge >= 0.3 is 5.97 Å². The van der Waals surface area contributed by atoms with E-state index >= 15 is 0 Å².